The molecule has 0 unspecified atom stereocenters. The van der Waals surface area contributed by atoms with Gasteiger partial charge < -0.3 is 0 Å². The van der Waals surface area contributed by atoms with E-state index in [0.717, 1.165) is 39.4 Å². The van der Waals surface area contributed by atoms with Crippen molar-refractivity contribution in [3.63, 3.8) is 0 Å². The molecule has 4 rings (SSSR count). The molecule has 5 nitrogen and oxygen atoms in total. The minimum absolute atomic E-state index is 0.729. The lowest BCUT2D eigenvalue weighted by Gasteiger charge is -2.16. The van der Waals surface area contributed by atoms with E-state index in [0.29, 0.717) is 0 Å². The number of aromatic nitrogens is 1. The summed E-state index contributed by atoms with van der Waals surface area (Å²) >= 11 is 3.33. The number of fused-ring (bicyclic) bond motifs is 1. The number of aryl methyl sites for hydroxylation is 1. The van der Waals surface area contributed by atoms with Gasteiger partial charge >= 0.3 is 0 Å². The topological polar surface area (TPSA) is 62.0 Å². The van der Waals surface area contributed by atoms with Crippen LogP contribution in [-0.4, -0.2) is 16.4 Å². The summed E-state index contributed by atoms with van der Waals surface area (Å²) in [6.45, 7) is 1.93. The number of anilines is 1. The molecule has 0 saturated heterocycles. The molecule has 0 radical (unpaired) electrons. The molecule has 0 aliphatic carbocycles. The van der Waals surface area contributed by atoms with Crippen LogP contribution in [0.25, 0.3) is 0 Å². The van der Waals surface area contributed by atoms with Gasteiger partial charge in [-0.2, -0.15) is 5.10 Å². The Hall–Kier alpha value is -2.51. The Balaban J connectivity index is 1.51. The van der Waals surface area contributed by atoms with Gasteiger partial charge in [-0.3, -0.25) is 5.43 Å². The van der Waals surface area contributed by atoms with Crippen LogP contribution in [0, 0.1) is 6.92 Å². The van der Waals surface area contributed by atoms with E-state index in [-0.39, 0.29) is 0 Å². The van der Waals surface area contributed by atoms with Crippen LogP contribution in [0.5, 0.6) is 0 Å². The first kappa shape index (κ1) is 16.9. The fourth-order valence-electron chi connectivity index (χ4n) is 2.58. The third-order valence-corrected chi connectivity index (χ3v) is 5.89. The van der Waals surface area contributed by atoms with E-state index < -0.39 is 0 Å². The molecule has 2 aromatic carbocycles. The van der Waals surface area contributed by atoms with Crippen LogP contribution in [0.1, 0.15) is 17.7 Å². The lowest BCUT2D eigenvalue weighted by atomic mass is 10.1. The van der Waals surface area contributed by atoms with Gasteiger partial charge in [0.15, 0.2) is 5.00 Å². The number of benzene rings is 2. The molecule has 0 fully saturated rings. The van der Waals surface area contributed by atoms with Crippen molar-refractivity contribution < 1.29 is 0 Å². The Kier molecular flexibility index (Phi) is 5.08. The molecular weight excluding hydrogens is 362 g/mol. The summed E-state index contributed by atoms with van der Waals surface area (Å²) in [7, 11) is 0. The fourth-order valence-corrected chi connectivity index (χ4v) is 4.34. The summed E-state index contributed by atoms with van der Waals surface area (Å²) in [5, 5.41) is 14.7. The van der Waals surface area contributed by atoms with Crippen molar-refractivity contribution in [2.75, 3.05) is 11.2 Å². The third-order valence-electron chi connectivity index (χ3n) is 3.87. The standard InChI is InChI=1S/C19H17N5S2/c1-13-18(23-21-14-7-3-2-4-8-14)26-19(20-13)24-22-16-11-12-25-17-10-6-5-9-15(16)17/h2-10H,11-12H2,1H3,(H,20,24)/b22-16-,23-21?. The van der Waals surface area contributed by atoms with Gasteiger partial charge in [-0.15, -0.1) is 22.0 Å². The third kappa shape index (κ3) is 3.84. The van der Waals surface area contributed by atoms with Gasteiger partial charge in [0.1, 0.15) is 0 Å². The van der Waals surface area contributed by atoms with E-state index in [1.54, 1.807) is 0 Å². The summed E-state index contributed by atoms with van der Waals surface area (Å²) < 4.78 is 0. The second-order valence-electron chi connectivity index (χ2n) is 5.71. The van der Waals surface area contributed by atoms with Crippen LogP contribution in [-0.2, 0) is 0 Å². The Morgan fingerprint density at radius 3 is 2.69 bits per heavy atom. The van der Waals surface area contributed by atoms with Crippen molar-refractivity contribution >= 4 is 44.6 Å². The highest BCUT2D eigenvalue weighted by Crippen LogP contribution is 2.33. The molecule has 0 atom stereocenters. The summed E-state index contributed by atoms with van der Waals surface area (Å²) in [5.74, 6) is 1.05. The summed E-state index contributed by atoms with van der Waals surface area (Å²) in [6.07, 6.45) is 0.944. The second kappa shape index (κ2) is 7.80. The van der Waals surface area contributed by atoms with E-state index in [1.165, 1.54) is 21.8 Å². The Bertz CT molecular complexity index is 963. The molecule has 2 heterocycles. The van der Waals surface area contributed by atoms with Gasteiger partial charge in [0.25, 0.3) is 0 Å². The van der Waals surface area contributed by atoms with Crippen LogP contribution in [0.2, 0.25) is 0 Å². The predicted octanol–water partition coefficient (Wildman–Crippen LogP) is 6.18. The quantitative estimate of drug-likeness (QED) is 0.435. The van der Waals surface area contributed by atoms with E-state index in [2.05, 4.69) is 50.0 Å². The molecule has 1 aliphatic rings. The number of hydrogen-bond acceptors (Lipinski definition) is 7. The van der Waals surface area contributed by atoms with Crippen molar-refractivity contribution in [2.24, 2.45) is 15.3 Å². The lowest BCUT2D eigenvalue weighted by molar-refractivity contribution is 1.16. The number of rotatable bonds is 4. The number of hydrogen-bond donors (Lipinski definition) is 1. The van der Waals surface area contributed by atoms with Crippen LogP contribution < -0.4 is 5.43 Å². The minimum Gasteiger partial charge on any atom is -0.252 e. The van der Waals surface area contributed by atoms with Gasteiger partial charge in [-0.25, -0.2) is 4.98 Å². The van der Waals surface area contributed by atoms with Crippen molar-refractivity contribution in [3.05, 3.63) is 65.9 Å². The maximum atomic E-state index is 4.60. The first-order valence-corrected chi connectivity index (χ1v) is 10.1. The molecule has 1 aliphatic heterocycles. The van der Waals surface area contributed by atoms with Gasteiger partial charge in [-0.1, -0.05) is 47.7 Å². The maximum absolute atomic E-state index is 4.60. The zero-order valence-corrected chi connectivity index (χ0v) is 15.8. The number of hydrazone groups is 1. The molecule has 0 saturated carbocycles. The molecule has 0 amide bonds. The summed E-state index contributed by atoms with van der Waals surface area (Å²) in [6, 6.07) is 18.1. The molecule has 0 bridgehead atoms. The van der Waals surface area contributed by atoms with E-state index >= 15 is 0 Å². The maximum Gasteiger partial charge on any atom is 0.205 e. The molecule has 1 aromatic heterocycles. The van der Waals surface area contributed by atoms with Gasteiger partial charge in [0.2, 0.25) is 5.13 Å². The van der Waals surface area contributed by atoms with Crippen molar-refractivity contribution in [3.8, 4) is 0 Å². The minimum atomic E-state index is 0.729. The summed E-state index contributed by atoms with van der Waals surface area (Å²) in [5.41, 5.74) is 7.04. The second-order valence-corrected chi connectivity index (χ2v) is 7.82. The zero-order valence-electron chi connectivity index (χ0n) is 14.2. The average Bonchev–Trinajstić information content (AvgIpc) is 3.05. The summed E-state index contributed by atoms with van der Waals surface area (Å²) in [4.78, 5) is 5.79. The molecule has 26 heavy (non-hydrogen) atoms. The SMILES string of the molecule is Cc1nc(N/N=C2/CCSc3ccccc32)sc1N=Nc1ccccc1. The number of nitrogens with one attached hydrogen (secondary N) is 1. The van der Waals surface area contributed by atoms with Crippen LogP contribution in [0.3, 0.4) is 0 Å². The Morgan fingerprint density at radius 1 is 1.00 bits per heavy atom. The van der Waals surface area contributed by atoms with Crippen molar-refractivity contribution in [1.82, 2.24) is 4.98 Å². The molecule has 7 heteroatoms. The van der Waals surface area contributed by atoms with E-state index in [4.69, 9.17) is 0 Å². The van der Waals surface area contributed by atoms with E-state index in [1.807, 2.05) is 49.0 Å². The van der Waals surface area contributed by atoms with Crippen LogP contribution >= 0.6 is 23.1 Å². The monoisotopic (exact) mass is 379 g/mol. The van der Waals surface area contributed by atoms with Crippen LogP contribution in [0.4, 0.5) is 15.8 Å². The number of thioether (sulfide) groups is 1. The Labute approximate surface area is 160 Å². The van der Waals surface area contributed by atoms with Crippen molar-refractivity contribution in [1.29, 1.82) is 0 Å². The molecule has 0 spiro atoms. The largest absolute Gasteiger partial charge is 0.252 e. The average molecular weight is 380 g/mol. The first-order chi connectivity index (χ1) is 12.8. The zero-order chi connectivity index (χ0) is 17.8. The predicted molar refractivity (Wildman–Crippen MR) is 109 cm³/mol. The fraction of sp³-hybridized carbons (Fsp3) is 0.158. The smallest absolute Gasteiger partial charge is 0.205 e. The Morgan fingerprint density at radius 2 is 1.81 bits per heavy atom. The normalized spacial score (nSPS) is 15.3. The number of nitrogens with zero attached hydrogens (tertiary/aromatic N) is 4. The number of thiazole rings is 1. The molecule has 130 valence electrons. The first-order valence-electron chi connectivity index (χ1n) is 8.28. The number of azo groups is 1. The highest BCUT2D eigenvalue weighted by atomic mass is 32.2. The molecule has 1 N–H and O–H groups in total. The lowest BCUT2D eigenvalue weighted by Crippen LogP contribution is -2.11. The highest BCUT2D eigenvalue weighted by Gasteiger charge is 2.15. The van der Waals surface area contributed by atoms with Gasteiger partial charge in [-0.05, 0) is 25.1 Å². The highest BCUT2D eigenvalue weighted by molar-refractivity contribution is 7.99. The molecule has 3 aromatic rings. The van der Waals surface area contributed by atoms with E-state index in [9.17, 15) is 0 Å². The van der Waals surface area contributed by atoms with Gasteiger partial charge in [0, 0.05) is 22.6 Å². The molecular formula is C19H17N5S2. The van der Waals surface area contributed by atoms with Gasteiger partial charge in [0.05, 0.1) is 17.1 Å². The van der Waals surface area contributed by atoms with Crippen molar-refractivity contribution in [2.45, 2.75) is 18.2 Å². The van der Waals surface area contributed by atoms with Crippen LogP contribution in [0.15, 0.2) is 74.8 Å².